The number of hydrogen-bond acceptors (Lipinski definition) is 5. The number of hydrogen-bond donors (Lipinski definition) is 1. The minimum absolute atomic E-state index is 0.0750. The third-order valence-electron chi connectivity index (χ3n) is 3.48. The molecule has 0 fully saturated rings. The molecule has 2 heterocycles. The summed E-state index contributed by atoms with van der Waals surface area (Å²) in [6.45, 7) is 3.56. The minimum atomic E-state index is -3.80. The maximum atomic E-state index is 12.6. The molecule has 0 aliphatic heterocycles. The van der Waals surface area contributed by atoms with E-state index in [-0.39, 0.29) is 4.90 Å². The number of halogens is 1. The molecule has 0 radical (unpaired) electrons. The molecule has 8 heteroatoms. The van der Waals surface area contributed by atoms with Crippen LogP contribution < -0.4 is 4.72 Å². The number of aryl methyl sites for hydroxylation is 2. The maximum Gasteiger partial charge on any atom is 0.261 e. The van der Waals surface area contributed by atoms with E-state index in [1.54, 1.807) is 32.0 Å². The fourth-order valence-electron chi connectivity index (χ4n) is 2.39. The van der Waals surface area contributed by atoms with Gasteiger partial charge in [0.2, 0.25) is 0 Å². The van der Waals surface area contributed by atoms with E-state index in [1.807, 2.05) is 0 Å². The molecule has 0 aliphatic carbocycles. The van der Waals surface area contributed by atoms with Gasteiger partial charge in [-0.05, 0) is 43.7 Å². The second-order valence-electron chi connectivity index (χ2n) is 5.22. The first-order chi connectivity index (χ1) is 11.3. The summed E-state index contributed by atoms with van der Waals surface area (Å²) in [6, 6.07) is 9.82. The van der Waals surface area contributed by atoms with Gasteiger partial charge in [0.05, 0.1) is 10.6 Å². The molecule has 0 saturated carbocycles. The lowest BCUT2D eigenvalue weighted by atomic mass is 10.1. The molecule has 122 valence electrons. The number of aromatic nitrogens is 1. The van der Waals surface area contributed by atoms with Crippen molar-refractivity contribution in [2.45, 2.75) is 18.7 Å². The third kappa shape index (κ3) is 2.96. The number of sulfonamides is 1. The highest BCUT2D eigenvalue weighted by Crippen LogP contribution is 2.35. The van der Waals surface area contributed by atoms with Crippen molar-refractivity contribution in [3.63, 3.8) is 0 Å². The first-order valence-electron chi connectivity index (χ1n) is 6.91. The fraction of sp³-hybridized carbons (Fsp3) is 0.125. The average Bonchev–Trinajstić information content (AvgIpc) is 2.83. The van der Waals surface area contributed by atoms with Crippen LogP contribution in [0, 0.1) is 25.2 Å². The Morgan fingerprint density at radius 2 is 2.04 bits per heavy atom. The van der Waals surface area contributed by atoms with Gasteiger partial charge in [0.15, 0.2) is 0 Å². The van der Waals surface area contributed by atoms with Gasteiger partial charge in [-0.3, -0.25) is 4.72 Å². The van der Waals surface area contributed by atoms with Crippen LogP contribution in [-0.2, 0) is 10.0 Å². The number of fused-ring (bicyclic) bond motifs is 1. The third-order valence-corrected chi connectivity index (χ3v) is 6.17. The summed E-state index contributed by atoms with van der Waals surface area (Å²) in [4.78, 5) is 5.62. The van der Waals surface area contributed by atoms with Gasteiger partial charge in [-0.25, -0.2) is 13.4 Å². The quantitative estimate of drug-likeness (QED) is 0.740. The summed E-state index contributed by atoms with van der Waals surface area (Å²) in [5.41, 5.74) is 1.79. The van der Waals surface area contributed by atoms with E-state index in [0.29, 0.717) is 37.1 Å². The lowest BCUT2D eigenvalue weighted by molar-refractivity contribution is 0.601. The summed E-state index contributed by atoms with van der Waals surface area (Å²) in [7, 11) is -3.80. The van der Waals surface area contributed by atoms with Crippen LogP contribution in [0.4, 0.5) is 5.69 Å². The summed E-state index contributed by atoms with van der Waals surface area (Å²) >= 11 is 7.13. The Labute approximate surface area is 148 Å². The van der Waals surface area contributed by atoms with Crippen LogP contribution in [0.15, 0.2) is 35.2 Å². The van der Waals surface area contributed by atoms with Crippen LogP contribution in [-0.4, -0.2) is 13.4 Å². The van der Waals surface area contributed by atoms with Gasteiger partial charge < -0.3 is 0 Å². The Kier molecular flexibility index (Phi) is 4.22. The Hall–Kier alpha value is -2.14. The van der Waals surface area contributed by atoms with Crippen LogP contribution in [0.25, 0.3) is 10.2 Å². The van der Waals surface area contributed by atoms with E-state index in [2.05, 4.69) is 15.8 Å². The molecule has 0 atom stereocenters. The fourth-order valence-corrected chi connectivity index (χ4v) is 4.80. The smallest absolute Gasteiger partial charge is 0.261 e. The standard InChI is InChI=1S/C16H12ClN3O2S2/c1-9-6-13(15-10(2)14(8-18)23-16(15)19-9)20-24(21,22)12-5-3-4-11(17)7-12/h3-7H,1-2H3,(H,19,20). The van der Waals surface area contributed by atoms with Crippen LogP contribution >= 0.6 is 22.9 Å². The summed E-state index contributed by atoms with van der Waals surface area (Å²) in [5, 5.41) is 10.2. The van der Waals surface area contributed by atoms with Crippen molar-refractivity contribution >= 4 is 48.9 Å². The largest absolute Gasteiger partial charge is 0.279 e. The highest BCUT2D eigenvalue weighted by atomic mass is 35.5. The molecule has 0 unspecified atom stereocenters. The summed E-state index contributed by atoms with van der Waals surface area (Å²) in [5.74, 6) is 0. The predicted molar refractivity (Wildman–Crippen MR) is 96.1 cm³/mol. The Morgan fingerprint density at radius 3 is 2.71 bits per heavy atom. The number of nitriles is 1. The molecule has 5 nitrogen and oxygen atoms in total. The van der Waals surface area contributed by atoms with E-state index < -0.39 is 10.0 Å². The topological polar surface area (TPSA) is 82.9 Å². The maximum absolute atomic E-state index is 12.6. The van der Waals surface area contributed by atoms with Crippen molar-refractivity contribution in [1.82, 2.24) is 4.98 Å². The molecule has 3 aromatic rings. The monoisotopic (exact) mass is 377 g/mol. The van der Waals surface area contributed by atoms with E-state index in [1.165, 1.54) is 23.5 Å². The molecule has 2 aromatic heterocycles. The van der Waals surface area contributed by atoms with Crippen molar-refractivity contribution in [3.05, 3.63) is 51.5 Å². The van der Waals surface area contributed by atoms with Crippen LogP contribution in [0.2, 0.25) is 5.02 Å². The molecule has 0 saturated heterocycles. The highest BCUT2D eigenvalue weighted by Gasteiger charge is 2.20. The van der Waals surface area contributed by atoms with Crippen LogP contribution in [0.3, 0.4) is 0 Å². The molecular formula is C16H12ClN3O2S2. The van der Waals surface area contributed by atoms with E-state index in [9.17, 15) is 13.7 Å². The van der Waals surface area contributed by atoms with Crippen molar-refractivity contribution in [2.24, 2.45) is 0 Å². The van der Waals surface area contributed by atoms with Crippen molar-refractivity contribution in [2.75, 3.05) is 4.72 Å². The molecule has 1 aromatic carbocycles. The SMILES string of the molecule is Cc1cc(NS(=O)(=O)c2cccc(Cl)c2)c2c(C)c(C#N)sc2n1. The van der Waals surface area contributed by atoms with Gasteiger partial charge >= 0.3 is 0 Å². The van der Waals surface area contributed by atoms with Gasteiger partial charge in [0.1, 0.15) is 15.8 Å². The van der Waals surface area contributed by atoms with Crippen LogP contribution in [0.1, 0.15) is 16.1 Å². The lowest BCUT2D eigenvalue weighted by Crippen LogP contribution is -2.13. The van der Waals surface area contributed by atoms with Crippen molar-refractivity contribution in [3.8, 4) is 6.07 Å². The molecule has 3 rings (SSSR count). The molecule has 0 aliphatic rings. The van der Waals surface area contributed by atoms with Crippen LogP contribution in [0.5, 0.6) is 0 Å². The van der Waals surface area contributed by atoms with Gasteiger partial charge in [-0.2, -0.15) is 5.26 Å². The molecule has 0 amide bonds. The summed E-state index contributed by atoms with van der Waals surface area (Å²) in [6.07, 6.45) is 0. The second-order valence-corrected chi connectivity index (χ2v) is 8.34. The molecule has 0 bridgehead atoms. The van der Waals surface area contributed by atoms with Gasteiger partial charge in [-0.15, -0.1) is 11.3 Å². The number of rotatable bonds is 3. The Balaban J connectivity index is 2.17. The molecule has 24 heavy (non-hydrogen) atoms. The number of anilines is 1. The number of nitrogens with one attached hydrogen (secondary N) is 1. The van der Waals surface area contributed by atoms with Crippen molar-refractivity contribution in [1.29, 1.82) is 5.26 Å². The second kappa shape index (κ2) is 6.06. The first kappa shape index (κ1) is 16.7. The molecule has 0 spiro atoms. The number of pyridine rings is 1. The normalized spacial score (nSPS) is 11.4. The average molecular weight is 378 g/mol. The van der Waals surface area contributed by atoms with E-state index in [4.69, 9.17) is 11.6 Å². The Morgan fingerprint density at radius 1 is 1.29 bits per heavy atom. The lowest BCUT2D eigenvalue weighted by Gasteiger charge is -2.11. The Bertz CT molecular complexity index is 1100. The molecular weight excluding hydrogens is 366 g/mol. The zero-order valence-electron chi connectivity index (χ0n) is 12.8. The zero-order valence-corrected chi connectivity index (χ0v) is 15.2. The predicted octanol–water partition coefficient (Wildman–Crippen LogP) is 4.24. The zero-order chi connectivity index (χ0) is 17.5. The molecule has 1 N–H and O–H groups in total. The van der Waals surface area contributed by atoms with Gasteiger partial charge in [-0.1, -0.05) is 17.7 Å². The highest BCUT2D eigenvalue weighted by molar-refractivity contribution is 7.92. The van der Waals surface area contributed by atoms with E-state index >= 15 is 0 Å². The summed E-state index contributed by atoms with van der Waals surface area (Å²) < 4.78 is 27.9. The van der Waals surface area contributed by atoms with Crippen molar-refractivity contribution < 1.29 is 8.42 Å². The number of benzene rings is 1. The van der Waals surface area contributed by atoms with E-state index in [0.717, 1.165) is 0 Å². The first-order valence-corrected chi connectivity index (χ1v) is 9.59. The number of nitrogens with zero attached hydrogens (tertiary/aromatic N) is 2. The number of thiophene rings is 1. The van der Waals surface area contributed by atoms with Gasteiger partial charge in [0, 0.05) is 16.1 Å². The van der Waals surface area contributed by atoms with Gasteiger partial charge in [0.25, 0.3) is 10.0 Å². The minimum Gasteiger partial charge on any atom is -0.279 e.